The molecule has 162 valence electrons. The molecule has 0 aliphatic carbocycles. The molecule has 2 aromatic rings. The number of hydrogen-bond donors (Lipinski definition) is 1. The van der Waals surface area contributed by atoms with Crippen LogP contribution in [-0.4, -0.2) is 61.6 Å². The zero-order valence-electron chi connectivity index (χ0n) is 16.2. The van der Waals surface area contributed by atoms with Crippen LogP contribution >= 0.6 is 11.3 Å². The van der Waals surface area contributed by atoms with E-state index in [0.717, 1.165) is 12.1 Å². The van der Waals surface area contributed by atoms with E-state index >= 15 is 0 Å². The van der Waals surface area contributed by atoms with Crippen molar-refractivity contribution in [1.82, 2.24) is 9.88 Å². The van der Waals surface area contributed by atoms with E-state index in [0.29, 0.717) is 42.7 Å². The van der Waals surface area contributed by atoms with Gasteiger partial charge in [0.15, 0.2) is 5.13 Å². The van der Waals surface area contributed by atoms with Crippen molar-refractivity contribution < 1.29 is 27.5 Å². The second kappa shape index (κ2) is 9.43. The number of methoxy groups -OCH3 is 1. The first-order valence-corrected chi connectivity index (χ1v) is 10.1. The van der Waals surface area contributed by atoms with Crippen LogP contribution in [0.3, 0.4) is 0 Å². The Balaban J connectivity index is 1.48. The Hall–Kier alpha value is -2.66. The van der Waals surface area contributed by atoms with E-state index in [2.05, 4.69) is 15.0 Å². The molecular formula is C19H21F3N4O3S. The first-order chi connectivity index (χ1) is 14.2. The molecule has 1 fully saturated rings. The van der Waals surface area contributed by atoms with E-state index in [1.54, 1.807) is 11.4 Å². The maximum absolute atomic E-state index is 12.9. The van der Waals surface area contributed by atoms with Crippen molar-refractivity contribution in [1.29, 1.82) is 0 Å². The van der Waals surface area contributed by atoms with Gasteiger partial charge in [-0.1, -0.05) is 6.07 Å². The molecule has 1 amide bonds. The van der Waals surface area contributed by atoms with E-state index in [1.165, 1.54) is 24.5 Å². The van der Waals surface area contributed by atoms with Crippen molar-refractivity contribution >= 4 is 34.0 Å². The third-order valence-electron chi connectivity index (χ3n) is 4.63. The van der Waals surface area contributed by atoms with Crippen LogP contribution in [0.2, 0.25) is 0 Å². The molecule has 0 bridgehead atoms. The molecule has 1 aliphatic rings. The standard InChI is InChI=1S/C19H21F3N4O3S/c1-29-17(28)10-14-12-30-18(23-14)24-16(27)11-25-5-7-26(8-6-25)15-4-2-3-13(9-15)19(20,21)22/h2-4,9,12H,5-8,10-11H2,1H3,(H,23,24,27). The number of esters is 1. The fraction of sp³-hybridized carbons (Fsp3) is 0.421. The highest BCUT2D eigenvalue weighted by Gasteiger charge is 2.31. The van der Waals surface area contributed by atoms with Crippen molar-refractivity contribution in [2.75, 3.05) is 50.1 Å². The molecule has 30 heavy (non-hydrogen) atoms. The van der Waals surface area contributed by atoms with Crippen LogP contribution in [0.1, 0.15) is 11.3 Å². The summed E-state index contributed by atoms with van der Waals surface area (Å²) in [6.45, 7) is 2.30. The molecule has 0 atom stereocenters. The summed E-state index contributed by atoms with van der Waals surface area (Å²) in [4.78, 5) is 31.5. The molecule has 1 N–H and O–H groups in total. The van der Waals surface area contributed by atoms with Gasteiger partial charge in [-0.2, -0.15) is 13.2 Å². The minimum Gasteiger partial charge on any atom is -0.469 e. The van der Waals surface area contributed by atoms with Crippen LogP contribution in [0.25, 0.3) is 0 Å². The molecule has 11 heteroatoms. The summed E-state index contributed by atoms with van der Waals surface area (Å²) in [6, 6.07) is 5.27. The van der Waals surface area contributed by atoms with Crippen LogP contribution in [0.15, 0.2) is 29.6 Å². The van der Waals surface area contributed by atoms with Gasteiger partial charge in [0.1, 0.15) is 0 Å². The van der Waals surface area contributed by atoms with Gasteiger partial charge < -0.3 is 15.0 Å². The van der Waals surface area contributed by atoms with Gasteiger partial charge in [0.25, 0.3) is 0 Å². The van der Waals surface area contributed by atoms with Gasteiger partial charge in [0.2, 0.25) is 5.91 Å². The molecule has 3 rings (SSSR count). The first kappa shape index (κ1) is 22.0. The van der Waals surface area contributed by atoms with Gasteiger partial charge >= 0.3 is 12.1 Å². The van der Waals surface area contributed by atoms with Crippen LogP contribution in [-0.2, 0) is 26.9 Å². The molecule has 7 nitrogen and oxygen atoms in total. The lowest BCUT2D eigenvalue weighted by atomic mass is 10.1. The highest BCUT2D eigenvalue weighted by atomic mass is 32.1. The Kier molecular flexibility index (Phi) is 6.93. The van der Waals surface area contributed by atoms with Crippen LogP contribution in [0, 0.1) is 0 Å². The number of thiazole rings is 1. The Morgan fingerprint density at radius 3 is 2.63 bits per heavy atom. The SMILES string of the molecule is COC(=O)Cc1csc(NC(=O)CN2CCN(c3cccc(C(F)(F)F)c3)CC2)n1. The van der Waals surface area contributed by atoms with Crippen LogP contribution in [0.5, 0.6) is 0 Å². The summed E-state index contributed by atoms with van der Waals surface area (Å²) in [7, 11) is 1.30. The van der Waals surface area contributed by atoms with Crippen molar-refractivity contribution in [2.45, 2.75) is 12.6 Å². The first-order valence-electron chi connectivity index (χ1n) is 9.20. The predicted molar refractivity (Wildman–Crippen MR) is 107 cm³/mol. The topological polar surface area (TPSA) is 74.8 Å². The number of piperazine rings is 1. The van der Waals surface area contributed by atoms with Gasteiger partial charge in [0, 0.05) is 37.2 Å². The monoisotopic (exact) mass is 442 g/mol. The lowest BCUT2D eigenvalue weighted by molar-refractivity contribution is -0.140. The van der Waals surface area contributed by atoms with E-state index in [-0.39, 0.29) is 18.9 Å². The fourth-order valence-corrected chi connectivity index (χ4v) is 3.80. The fourth-order valence-electron chi connectivity index (χ4n) is 3.07. The van der Waals surface area contributed by atoms with Gasteiger partial charge in [-0.3, -0.25) is 14.5 Å². The zero-order chi connectivity index (χ0) is 21.7. The van der Waals surface area contributed by atoms with Gasteiger partial charge in [-0.25, -0.2) is 4.98 Å². The molecule has 1 saturated heterocycles. The van der Waals surface area contributed by atoms with Crippen molar-refractivity contribution in [2.24, 2.45) is 0 Å². The van der Waals surface area contributed by atoms with Gasteiger partial charge in [-0.15, -0.1) is 11.3 Å². The number of aromatic nitrogens is 1. The Morgan fingerprint density at radius 1 is 1.23 bits per heavy atom. The van der Waals surface area contributed by atoms with Gasteiger partial charge in [-0.05, 0) is 18.2 Å². The number of halogens is 3. The number of amides is 1. The highest BCUT2D eigenvalue weighted by molar-refractivity contribution is 7.13. The zero-order valence-corrected chi connectivity index (χ0v) is 17.1. The molecule has 2 heterocycles. The average Bonchev–Trinajstić information content (AvgIpc) is 3.14. The summed E-state index contributed by atoms with van der Waals surface area (Å²) in [5.41, 5.74) is 0.378. The number of anilines is 2. The predicted octanol–water partition coefficient (Wildman–Crippen LogP) is 2.64. The lowest BCUT2D eigenvalue weighted by Crippen LogP contribution is -2.48. The smallest absolute Gasteiger partial charge is 0.416 e. The van der Waals surface area contributed by atoms with E-state index < -0.39 is 17.7 Å². The number of carbonyl (C=O) groups is 2. The van der Waals surface area contributed by atoms with Crippen LogP contribution in [0.4, 0.5) is 24.0 Å². The minimum atomic E-state index is -4.37. The number of hydrogen-bond acceptors (Lipinski definition) is 7. The Morgan fingerprint density at radius 2 is 1.97 bits per heavy atom. The quantitative estimate of drug-likeness (QED) is 0.694. The molecule has 0 unspecified atom stereocenters. The summed E-state index contributed by atoms with van der Waals surface area (Å²) < 4.78 is 43.3. The molecular weight excluding hydrogens is 421 g/mol. The van der Waals surface area contributed by atoms with Crippen molar-refractivity contribution in [3.8, 4) is 0 Å². The Labute approximate surface area is 175 Å². The van der Waals surface area contributed by atoms with Gasteiger partial charge in [0.05, 0.1) is 31.3 Å². The highest BCUT2D eigenvalue weighted by Crippen LogP contribution is 2.31. The Bertz CT molecular complexity index is 895. The molecule has 1 aromatic carbocycles. The number of alkyl halides is 3. The third-order valence-corrected chi connectivity index (χ3v) is 5.44. The number of nitrogens with zero attached hydrogens (tertiary/aromatic N) is 3. The average molecular weight is 442 g/mol. The second-order valence-electron chi connectivity index (χ2n) is 6.76. The second-order valence-corrected chi connectivity index (χ2v) is 7.61. The van der Waals surface area contributed by atoms with Crippen LogP contribution < -0.4 is 10.2 Å². The number of nitrogens with one attached hydrogen (secondary N) is 1. The maximum atomic E-state index is 12.9. The molecule has 1 aliphatic heterocycles. The lowest BCUT2D eigenvalue weighted by Gasteiger charge is -2.35. The normalized spacial score (nSPS) is 15.1. The van der Waals surface area contributed by atoms with Crippen molar-refractivity contribution in [3.05, 3.63) is 40.9 Å². The van der Waals surface area contributed by atoms with E-state index in [4.69, 9.17) is 0 Å². The molecule has 0 spiro atoms. The minimum absolute atomic E-state index is 0.0420. The summed E-state index contributed by atoms with van der Waals surface area (Å²) in [5.74, 6) is -0.640. The third kappa shape index (κ3) is 5.92. The number of carbonyl (C=O) groups excluding carboxylic acids is 2. The molecule has 0 radical (unpaired) electrons. The van der Waals surface area contributed by atoms with E-state index in [9.17, 15) is 22.8 Å². The summed E-state index contributed by atoms with van der Waals surface area (Å²) in [6.07, 6.45) is -4.33. The number of ether oxygens (including phenoxy) is 1. The largest absolute Gasteiger partial charge is 0.469 e. The van der Waals surface area contributed by atoms with Crippen molar-refractivity contribution in [3.63, 3.8) is 0 Å². The maximum Gasteiger partial charge on any atom is 0.416 e. The summed E-state index contributed by atoms with van der Waals surface area (Å²) >= 11 is 1.22. The van der Waals surface area contributed by atoms with E-state index in [1.807, 2.05) is 9.80 Å². The number of benzene rings is 1. The number of rotatable bonds is 6. The molecule has 0 saturated carbocycles. The molecule has 1 aromatic heterocycles. The summed E-state index contributed by atoms with van der Waals surface area (Å²) in [5, 5.41) is 4.79.